The maximum Gasteiger partial charge on any atom is 0.586 e. The van der Waals surface area contributed by atoms with Crippen molar-refractivity contribution in [2.45, 2.75) is 38.4 Å². The minimum Gasteiger partial charge on any atom is -0.395 e. The summed E-state index contributed by atoms with van der Waals surface area (Å²) in [5.74, 6) is -0.218. The maximum absolute atomic E-state index is 13.3. The molecule has 1 amide bonds. The highest BCUT2D eigenvalue weighted by molar-refractivity contribution is 6.03. The zero-order valence-corrected chi connectivity index (χ0v) is 17.4. The van der Waals surface area contributed by atoms with Gasteiger partial charge in [-0.2, -0.15) is 0 Å². The number of fused-ring (bicyclic) bond motifs is 1. The van der Waals surface area contributed by atoms with Crippen LogP contribution in [0.3, 0.4) is 0 Å². The molecule has 1 aliphatic heterocycles. The SMILES string of the molecule is Cc1cc(NC(=O)C2(c3ccc4c(c3)OC(F)(F)O4)CC2)nc(C2=CC(=O)C(C)C=C2)c1. The second-order valence-corrected chi connectivity index (χ2v) is 8.43. The van der Waals surface area contributed by atoms with Crippen LogP contribution in [0.4, 0.5) is 14.6 Å². The Hall–Kier alpha value is -3.55. The minimum atomic E-state index is -3.71. The Labute approximate surface area is 182 Å². The van der Waals surface area contributed by atoms with Gasteiger partial charge in [0, 0.05) is 11.5 Å². The lowest BCUT2D eigenvalue weighted by molar-refractivity contribution is -0.286. The number of nitrogens with zero attached hydrogens (tertiary/aromatic N) is 1. The Morgan fingerprint density at radius 2 is 1.91 bits per heavy atom. The molecule has 32 heavy (non-hydrogen) atoms. The Morgan fingerprint density at radius 3 is 2.62 bits per heavy atom. The average Bonchev–Trinajstić information content (AvgIpc) is 3.47. The van der Waals surface area contributed by atoms with Gasteiger partial charge in [0.1, 0.15) is 5.82 Å². The third kappa shape index (κ3) is 3.55. The lowest BCUT2D eigenvalue weighted by atomic mass is 9.94. The number of ketones is 1. The van der Waals surface area contributed by atoms with Crippen molar-refractivity contribution in [2.24, 2.45) is 5.92 Å². The van der Waals surface area contributed by atoms with Gasteiger partial charge in [-0.3, -0.25) is 9.59 Å². The van der Waals surface area contributed by atoms with Crippen molar-refractivity contribution in [1.82, 2.24) is 4.98 Å². The molecule has 1 aromatic heterocycles. The van der Waals surface area contributed by atoms with Crippen LogP contribution >= 0.6 is 0 Å². The van der Waals surface area contributed by atoms with Gasteiger partial charge in [-0.15, -0.1) is 8.78 Å². The smallest absolute Gasteiger partial charge is 0.395 e. The lowest BCUT2D eigenvalue weighted by Gasteiger charge is -2.17. The molecule has 1 saturated carbocycles. The van der Waals surface area contributed by atoms with Gasteiger partial charge in [0.2, 0.25) is 5.91 Å². The summed E-state index contributed by atoms with van der Waals surface area (Å²) < 4.78 is 35.6. The molecule has 0 radical (unpaired) electrons. The molecule has 1 aromatic carbocycles. The molecule has 0 spiro atoms. The number of alkyl halides is 2. The van der Waals surface area contributed by atoms with Gasteiger partial charge in [-0.05, 0) is 61.2 Å². The van der Waals surface area contributed by atoms with Crippen molar-refractivity contribution < 1.29 is 27.8 Å². The number of hydrogen-bond donors (Lipinski definition) is 1. The Morgan fingerprint density at radius 1 is 1.16 bits per heavy atom. The molecule has 1 atom stereocenters. The van der Waals surface area contributed by atoms with Crippen molar-refractivity contribution in [2.75, 3.05) is 5.32 Å². The highest BCUT2D eigenvalue weighted by Crippen LogP contribution is 2.52. The first-order valence-electron chi connectivity index (χ1n) is 10.3. The van der Waals surface area contributed by atoms with Gasteiger partial charge >= 0.3 is 6.29 Å². The van der Waals surface area contributed by atoms with E-state index in [2.05, 4.69) is 19.8 Å². The van der Waals surface area contributed by atoms with Crippen molar-refractivity contribution in [3.05, 3.63) is 65.4 Å². The molecule has 3 aliphatic rings. The minimum absolute atomic E-state index is 0.00158. The Balaban J connectivity index is 1.39. The third-order valence-corrected chi connectivity index (χ3v) is 5.96. The fourth-order valence-electron chi connectivity index (χ4n) is 3.97. The predicted octanol–water partition coefficient (Wildman–Crippen LogP) is 4.54. The summed E-state index contributed by atoms with van der Waals surface area (Å²) in [6.07, 6.45) is 2.68. The third-order valence-electron chi connectivity index (χ3n) is 5.96. The number of carbonyl (C=O) groups excluding carboxylic acids is 2. The maximum atomic E-state index is 13.3. The molecular formula is C24H20F2N2O4. The number of anilines is 1. The van der Waals surface area contributed by atoms with E-state index < -0.39 is 11.7 Å². The van der Waals surface area contributed by atoms with Crippen LogP contribution < -0.4 is 14.8 Å². The highest BCUT2D eigenvalue weighted by atomic mass is 19.3. The normalized spacial score (nSPS) is 21.8. The first-order valence-corrected chi connectivity index (χ1v) is 10.3. The first-order chi connectivity index (χ1) is 15.1. The van der Waals surface area contributed by atoms with E-state index in [1.165, 1.54) is 12.1 Å². The van der Waals surface area contributed by atoms with Crippen LogP contribution in [-0.4, -0.2) is 23.0 Å². The summed E-state index contributed by atoms with van der Waals surface area (Å²) in [4.78, 5) is 29.7. The van der Waals surface area contributed by atoms with Gasteiger partial charge in [0.25, 0.3) is 0 Å². The average molecular weight is 438 g/mol. The van der Waals surface area contributed by atoms with Crippen LogP contribution in [0, 0.1) is 12.8 Å². The second kappa shape index (κ2) is 6.98. The monoisotopic (exact) mass is 438 g/mol. The number of aryl methyl sites for hydroxylation is 1. The molecular weight excluding hydrogens is 418 g/mol. The molecule has 8 heteroatoms. The number of amides is 1. The lowest BCUT2D eigenvalue weighted by Crippen LogP contribution is -2.28. The largest absolute Gasteiger partial charge is 0.586 e. The number of pyridine rings is 1. The Kier molecular flexibility index (Phi) is 4.44. The van der Waals surface area contributed by atoms with Crippen molar-refractivity contribution in [3.63, 3.8) is 0 Å². The molecule has 2 aliphatic carbocycles. The number of benzene rings is 1. The quantitative estimate of drug-likeness (QED) is 0.759. The van der Waals surface area contributed by atoms with Crippen LogP contribution in [0.15, 0.2) is 48.6 Å². The number of halogens is 2. The molecule has 2 heterocycles. The van der Waals surface area contributed by atoms with Gasteiger partial charge < -0.3 is 14.8 Å². The summed E-state index contributed by atoms with van der Waals surface area (Å²) in [5.41, 5.74) is 1.90. The molecule has 2 aromatic rings. The predicted molar refractivity (Wildman–Crippen MR) is 112 cm³/mol. The van der Waals surface area contributed by atoms with E-state index in [4.69, 9.17) is 0 Å². The number of allylic oxidation sites excluding steroid dienone is 4. The van der Waals surface area contributed by atoms with Gasteiger partial charge in [-0.1, -0.05) is 25.1 Å². The van der Waals surface area contributed by atoms with Crippen LogP contribution in [-0.2, 0) is 15.0 Å². The zero-order valence-electron chi connectivity index (χ0n) is 17.4. The van der Waals surface area contributed by atoms with Crippen molar-refractivity contribution >= 4 is 23.1 Å². The van der Waals surface area contributed by atoms with E-state index in [0.717, 1.165) is 5.56 Å². The molecule has 0 bridgehead atoms. The summed E-state index contributed by atoms with van der Waals surface area (Å²) in [6.45, 7) is 3.71. The van der Waals surface area contributed by atoms with E-state index >= 15 is 0 Å². The van der Waals surface area contributed by atoms with Crippen LogP contribution in [0.2, 0.25) is 0 Å². The van der Waals surface area contributed by atoms with E-state index in [-0.39, 0.29) is 29.1 Å². The molecule has 164 valence electrons. The van der Waals surface area contributed by atoms with Crippen LogP contribution in [0.25, 0.3) is 5.57 Å². The van der Waals surface area contributed by atoms with E-state index in [9.17, 15) is 18.4 Å². The fourth-order valence-corrected chi connectivity index (χ4v) is 3.97. The first kappa shape index (κ1) is 20.4. The number of hydrogen-bond acceptors (Lipinski definition) is 5. The van der Waals surface area contributed by atoms with Crippen molar-refractivity contribution in [3.8, 4) is 11.5 Å². The molecule has 1 unspecified atom stereocenters. The second-order valence-electron chi connectivity index (χ2n) is 8.43. The van der Waals surface area contributed by atoms with Gasteiger partial charge in [0.05, 0.1) is 11.1 Å². The standard InChI is InChI=1S/C24H20F2N2O4/c1-13-9-17(15-4-3-14(2)18(29)11-15)27-21(10-13)28-22(30)23(7-8-23)16-5-6-19-20(12-16)32-24(25,26)31-19/h3-6,9-12,14H,7-8H2,1-2H3,(H,27,28,30). The summed E-state index contributed by atoms with van der Waals surface area (Å²) >= 11 is 0. The molecule has 1 N–H and O–H groups in total. The summed E-state index contributed by atoms with van der Waals surface area (Å²) in [6, 6.07) is 8.02. The number of rotatable bonds is 4. The summed E-state index contributed by atoms with van der Waals surface area (Å²) in [7, 11) is 0. The molecule has 5 rings (SSSR count). The number of carbonyl (C=O) groups is 2. The molecule has 1 fully saturated rings. The topological polar surface area (TPSA) is 77.5 Å². The molecule has 0 saturated heterocycles. The van der Waals surface area contributed by atoms with E-state index in [1.54, 1.807) is 18.2 Å². The Bertz CT molecular complexity index is 1210. The number of ether oxygens (including phenoxy) is 2. The van der Waals surface area contributed by atoms with Crippen LogP contribution in [0.5, 0.6) is 11.5 Å². The van der Waals surface area contributed by atoms with E-state index in [1.807, 2.05) is 32.1 Å². The molecule has 6 nitrogen and oxygen atoms in total. The van der Waals surface area contributed by atoms with Gasteiger partial charge in [-0.25, -0.2) is 4.98 Å². The summed E-state index contributed by atoms with van der Waals surface area (Å²) in [5, 5.41) is 2.86. The fraction of sp³-hybridized carbons (Fsp3) is 0.292. The van der Waals surface area contributed by atoms with Gasteiger partial charge in [0.15, 0.2) is 17.3 Å². The van der Waals surface area contributed by atoms with Crippen LogP contribution in [0.1, 0.15) is 36.6 Å². The van der Waals surface area contributed by atoms with E-state index in [0.29, 0.717) is 35.5 Å². The zero-order chi connectivity index (χ0) is 22.7. The highest BCUT2D eigenvalue weighted by Gasteiger charge is 2.53. The number of nitrogens with one attached hydrogen (secondary N) is 1. The number of aromatic nitrogens is 1. The van der Waals surface area contributed by atoms with Crippen molar-refractivity contribution in [1.29, 1.82) is 0 Å².